The molecular weight excluding hydrogens is 226 g/mol. The summed E-state index contributed by atoms with van der Waals surface area (Å²) in [5.41, 5.74) is 5.39. The van der Waals surface area contributed by atoms with Crippen LogP contribution in [-0.2, 0) is 11.3 Å². The molecule has 0 aliphatic rings. The van der Waals surface area contributed by atoms with Gasteiger partial charge in [-0.1, -0.05) is 12.1 Å². The van der Waals surface area contributed by atoms with Gasteiger partial charge in [-0.3, -0.25) is 14.2 Å². The van der Waals surface area contributed by atoms with Crippen molar-refractivity contribution in [3.63, 3.8) is 0 Å². The number of rotatable bonds is 2. The van der Waals surface area contributed by atoms with E-state index in [1.165, 1.54) is 0 Å². The summed E-state index contributed by atoms with van der Waals surface area (Å²) in [6.45, 7) is -0.209. The molecule has 0 fully saturated rings. The molecule has 1 heterocycles. The molecule has 3 N–H and O–H groups in total. The Morgan fingerprint density at radius 2 is 2.12 bits per heavy atom. The number of nitrogens with one attached hydrogen (secondary N) is 1. The van der Waals surface area contributed by atoms with Crippen LogP contribution in [-0.4, -0.2) is 15.5 Å². The molecule has 0 spiro atoms. The molecule has 82 valence electrons. The van der Waals surface area contributed by atoms with E-state index in [4.69, 9.17) is 18.0 Å². The number of fused-ring (bicyclic) bond motifs is 1. The minimum absolute atomic E-state index is 0.197. The first-order chi connectivity index (χ1) is 7.59. The predicted molar refractivity (Wildman–Crippen MR) is 62.6 cm³/mol. The van der Waals surface area contributed by atoms with Crippen molar-refractivity contribution in [3.05, 3.63) is 39.4 Å². The number of amides is 1. The van der Waals surface area contributed by atoms with E-state index in [1.54, 1.807) is 24.3 Å². The second kappa shape index (κ2) is 3.90. The first-order valence-electron chi connectivity index (χ1n) is 4.60. The van der Waals surface area contributed by atoms with Crippen LogP contribution in [0.25, 0.3) is 10.9 Å². The highest BCUT2D eigenvalue weighted by molar-refractivity contribution is 7.71. The summed E-state index contributed by atoms with van der Waals surface area (Å²) in [7, 11) is 0. The van der Waals surface area contributed by atoms with Crippen molar-refractivity contribution in [1.29, 1.82) is 0 Å². The standard InChI is InChI=1S/C10H9N3O2S/c11-8(14)5-13-9(15)6-3-1-2-4-7(6)12-10(13)16/h1-4H,5H2,(H2,11,14)(H,12,16). The summed E-state index contributed by atoms with van der Waals surface area (Å²) >= 11 is 4.98. The topological polar surface area (TPSA) is 80.9 Å². The van der Waals surface area contributed by atoms with Gasteiger partial charge in [0.1, 0.15) is 6.54 Å². The number of nitrogens with zero attached hydrogens (tertiary/aromatic N) is 1. The molecule has 2 aromatic rings. The van der Waals surface area contributed by atoms with E-state index in [9.17, 15) is 9.59 Å². The summed E-state index contributed by atoms with van der Waals surface area (Å²) in [5.74, 6) is -0.600. The van der Waals surface area contributed by atoms with Crippen molar-refractivity contribution in [2.75, 3.05) is 0 Å². The smallest absolute Gasteiger partial charge is 0.262 e. The van der Waals surface area contributed by atoms with Gasteiger partial charge in [-0.2, -0.15) is 0 Å². The maximum absolute atomic E-state index is 12.0. The first kappa shape index (κ1) is 10.6. The molecule has 0 aliphatic heterocycles. The molecule has 1 aromatic carbocycles. The number of para-hydroxylation sites is 1. The Morgan fingerprint density at radius 1 is 1.44 bits per heavy atom. The fraction of sp³-hybridized carbons (Fsp3) is 0.100. The van der Waals surface area contributed by atoms with Crippen LogP contribution in [0.15, 0.2) is 29.1 Å². The van der Waals surface area contributed by atoms with Crippen LogP contribution in [0.1, 0.15) is 0 Å². The Hall–Kier alpha value is -1.95. The van der Waals surface area contributed by atoms with Crippen LogP contribution in [0.5, 0.6) is 0 Å². The zero-order valence-corrected chi connectivity index (χ0v) is 9.08. The van der Waals surface area contributed by atoms with Crippen LogP contribution in [0.2, 0.25) is 0 Å². The molecule has 1 amide bonds. The Morgan fingerprint density at radius 3 is 2.81 bits per heavy atom. The third-order valence-electron chi connectivity index (χ3n) is 2.20. The monoisotopic (exact) mass is 235 g/mol. The third-order valence-corrected chi connectivity index (χ3v) is 2.53. The number of hydrogen-bond donors (Lipinski definition) is 2. The van der Waals surface area contributed by atoms with Crippen LogP contribution >= 0.6 is 12.2 Å². The van der Waals surface area contributed by atoms with Crippen molar-refractivity contribution in [2.24, 2.45) is 5.73 Å². The molecule has 0 radical (unpaired) electrons. The highest BCUT2D eigenvalue weighted by Crippen LogP contribution is 2.05. The van der Waals surface area contributed by atoms with Crippen LogP contribution < -0.4 is 11.3 Å². The Kier molecular flexibility index (Phi) is 2.57. The van der Waals surface area contributed by atoms with E-state index in [-0.39, 0.29) is 16.9 Å². The highest BCUT2D eigenvalue weighted by Gasteiger charge is 2.06. The summed E-state index contributed by atoms with van der Waals surface area (Å²) in [6, 6.07) is 6.96. The van der Waals surface area contributed by atoms with E-state index in [1.807, 2.05) is 0 Å². The Labute approximate surface area is 95.5 Å². The van der Waals surface area contributed by atoms with Crippen LogP contribution in [0, 0.1) is 4.77 Å². The van der Waals surface area contributed by atoms with Crippen LogP contribution in [0.3, 0.4) is 0 Å². The number of carbonyl (C=O) groups is 1. The Balaban J connectivity index is 2.81. The highest BCUT2D eigenvalue weighted by atomic mass is 32.1. The van der Waals surface area contributed by atoms with Crippen molar-refractivity contribution in [3.8, 4) is 0 Å². The largest absolute Gasteiger partial charge is 0.368 e. The zero-order valence-electron chi connectivity index (χ0n) is 8.27. The maximum atomic E-state index is 12.0. The second-order valence-corrected chi connectivity index (χ2v) is 3.72. The van der Waals surface area contributed by atoms with E-state index in [0.717, 1.165) is 4.57 Å². The first-order valence-corrected chi connectivity index (χ1v) is 5.00. The molecule has 0 aliphatic carbocycles. The molecule has 1 aromatic heterocycles. The van der Waals surface area contributed by atoms with Crippen molar-refractivity contribution in [1.82, 2.24) is 9.55 Å². The number of aromatic nitrogens is 2. The second-order valence-electron chi connectivity index (χ2n) is 3.33. The van der Waals surface area contributed by atoms with E-state index in [0.29, 0.717) is 10.9 Å². The summed E-state index contributed by atoms with van der Waals surface area (Å²) < 4.78 is 1.35. The quantitative estimate of drug-likeness (QED) is 0.746. The van der Waals surface area contributed by atoms with Gasteiger partial charge in [-0.05, 0) is 24.4 Å². The Bertz CT molecular complexity index is 672. The average Bonchev–Trinajstić information content (AvgIpc) is 2.24. The zero-order chi connectivity index (χ0) is 11.7. The SMILES string of the molecule is NC(=O)Cn1c(=S)[nH]c2ccccc2c1=O. The van der Waals surface area contributed by atoms with Gasteiger partial charge >= 0.3 is 0 Å². The minimum Gasteiger partial charge on any atom is -0.368 e. The molecule has 0 unspecified atom stereocenters. The summed E-state index contributed by atoms with van der Waals surface area (Å²) in [4.78, 5) is 25.6. The number of benzene rings is 1. The number of hydrogen-bond acceptors (Lipinski definition) is 3. The lowest BCUT2D eigenvalue weighted by Crippen LogP contribution is -2.29. The van der Waals surface area contributed by atoms with Gasteiger partial charge in [0.05, 0.1) is 10.9 Å². The van der Waals surface area contributed by atoms with E-state index < -0.39 is 5.91 Å². The molecule has 2 rings (SSSR count). The van der Waals surface area contributed by atoms with Gasteiger partial charge < -0.3 is 10.7 Å². The lowest BCUT2D eigenvalue weighted by atomic mass is 10.2. The van der Waals surface area contributed by atoms with Crippen molar-refractivity contribution >= 4 is 29.0 Å². The van der Waals surface area contributed by atoms with Gasteiger partial charge in [0.15, 0.2) is 4.77 Å². The van der Waals surface area contributed by atoms with Gasteiger partial charge in [-0.15, -0.1) is 0 Å². The van der Waals surface area contributed by atoms with Gasteiger partial charge in [0.25, 0.3) is 5.56 Å². The lowest BCUT2D eigenvalue weighted by Gasteiger charge is -2.05. The third kappa shape index (κ3) is 1.74. The van der Waals surface area contributed by atoms with Gasteiger partial charge in [0, 0.05) is 0 Å². The summed E-state index contributed by atoms with van der Waals surface area (Å²) in [5, 5.41) is 0.484. The maximum Gasteiger partial charge on any atom is 0.262 e. The van der Waals surface area contributed by atoms with Crippen molar-refractivity contribution < 1.29 is 4.79 Å². The number of aromatic amines is 1. The minimum atomic E-state index is -0.600. The molecule has 5 nitrogen and oxygen atoms in total. The number of nitrogens with two attached hydrogens (primary N) is 1. The molecule has 0 atom stereocenters. The van der Waals surface area contributed by atoms with Gasteiger partial charge in [-0.25, -0.2) is 0 Å². The molecule has 0 bridgehead atoms. The van der Waals surface area contributed by atoms with Crippen molar-refractivity contribution in [2.45, 2.75) is 6.54 Å². The van der Waals surface area contributed by atoms with Crippen LogP contribution in [0.4, 0.5) is 0 Å². The number of primary amides is 1. The molecule has 16 heavy (non-hydrogen) atoms. The predicted octanol–water partition coefficient (Wildman–Crippen LogP) is 0.544. The fourth-order valence-electron chi connectivity index (χ4n) is 1.50. The molecule has 0 saturated carbocycles. The summed E-state index contributed by atoms with van der Waals surface area (Å²) in [6.07, 6.45) is 0. The van der Waals surface area contributed by atoms with E-state index >= 15 is 0 Å². The molecule has 0 saturated heterocycles. The average molecular weight is 235 g/mol. The lowest BCUT2D eigenvalue weighted by molar-refractivity contribution is -0.118. The molecular formula is C10H9N3O2S. The normalized spacial score (nSPS) is 10.5. The fourth-order valence-corrected chi connectivity index (χ4v) is 1.76. The van der Waals surface area contributed by atoms with Gasteiger partial charge in [0.2, 0.25) is 5.91 Å². The van der Waals surface area contributed by atoms with E-state index in [2.05, 4.69) is 4.98 Å². The number of carbonyl (C=O) groups excluding carboxylic acids is 1. The number of H-pyrrole nitrogens is 1. The molecule has 6 heteroatoms.